The summed E-state index contributed by atoms with van der Waals surface area (Å²) in [6.07, 6.45) is 14.9. The number of fused-ring (bicyclic) bond motifs is 6. The molecule has 634 valence electrons. The number of ether oxygens (including phenoxy) is 4. The fraction of sp³-hybridized carbons (Fsp3) is 0.319. The number of esters is 4. The molecule has 26 nitrogen and oxygen atoms in total. The number of nitrogens with zero attached hydrogens (tertiary/aromatic N) is 6. The SMILES string of the molecule is CCCCC(CC)C(=O)Oc1ccc2nc(-c3ccc(-c4nc5ccc(OC(=O)C(CC)CCCC)cc5c(=O)o4)s3)oc(=O)c2c1.CCCCC(CC)COC(=O)c1ccc2nc(-c3ccc(-c4nc5ccc(C(=O)OCC(CC)CCCC)cc5c(=O)o4)s3)oc(=O)c2c1.O=c1oc(-c2ccc(-c3nc4ccccc4c(=O)o3)s2)nc2ccccc12. The first-order valence-electron chi connectivity index (χ1n) is 41.4. The highest BCUT2D eigenvalue weighted by Crippen LogP contribution is 2.38. The Bertz CT molecular complexity index is 6360. The van der Waals surface area contributed by atoms with E-state index < -0.39 is 45.7 Å². The van der Waals surface area contributed by atoms with E-state index in [1.54, 1.807) is 121 Å². The second-order valence-corrected chi connectivity index (χ2v) is 32.8. The van der Waals surface area contributed by atoms with Gasteiger partial charge in [-0.1, -0.05) is 144 Å². The van der Waals surface area contributed by atoms with Crippen LogP contribution in [0.4, 0.5) is 0 Å². The maximum absolute atomic E-state index is 13.0. The number of para-hydroxylation sites is 2. The van der Waals surface area contributed by atoms with Crippen molar-refractivity contribution in [3.8, 4) is 76.1 Å². The Morgan fingerprint density at radius 3 is 0.870 bits per heavy atom. The Morgan fingerprint density at radius 1 is 0.309 bits per heavy atom. The van der Waals surface area contributed by atoms with Crippen LogP contribution in [0, 0.1) is 23.7 Å². The minimum absolute atomic E-state index is 0.0806. The monoisotopic (exact) mass is 1720 g/mol. The van der Waals surface area contributed by atoms with Crippen molar-refractivity contribution in [1.82, 2.24) is 29.9 Å². The van der Waals surface area contributed by atoms with Gasteiger partial charge in [-0.05, 0) is 184 Å². The lowest BCUT2D eigenvalue weighted by Gasteiger charge is -2.14. The lowest BCUT2D eigenvalue weighted by molar-refractivity contribution is -0.140. The molecule has 4 unspecified atom stereocenters. The molecule has 0 aliphatic rings. The molecular weight excluding hydrogens is 1630 g/mol. The van der Waals surface area contributed by atoms with Crippen molar-refractivity contribution in [3.63, 3.8) is 0 Å². The number of unbranched alkanes of at least 4 members (excludes halogenated alkanes) is 4. The predicted molar refractivity (Wildman–Crippen MR) is 474 cm³/mol. The Kier molecular flexibility index (Phi) is 29.4. The van der Waals surface area contributed by atoms with Crippen molar-refractivity contribution in [2.45, 2.75) is 158 Å². The highest BCUT2D eigenvalue weighted by molar-refractivity contribution is 7.19. The van der Waals surface area contributed by atoms with Crippen LogP contribution in [-0.4, -0.2) is 67.0 Å². The number of carbonyl (C=O) groups excluding carboxylic acids is 4. The number of carbonyl (C=O) groups is 4. The molecule has 0 amide bonds. The number of benzene rings is 6. The first-order valence-corrected chi connectivity index (χ1v) is 43.8. The average Bonchev–Trinajstić information content (AvgIpc) is 1.72. The van der Waals surface area contributed by atoms with Gasteiger partial charge < -0.3 is 45.5 Å². The van der Waals surface area contributed by atoms with E-state index in [0.29, 0.717) is 111 Å². The standard InChI is InChI=1S/C38H42N2O8S.C36H38N2O8S.C20H10N2O4S/c1-5-9-11-23(7-3)21-45-35(41)25-13-15-29-27(19-25)37(43)47-33(39-29)31-17-18-32(49-31)34-40-30-16-14-26(20-28(30)38(44)48-34)36(42)46-22-24(8-4)12-10-6-2;1-5-9-11-21(7-3)33(39)43-23-13-15-27-25(19-23)35(41)45-31(37-27)29-17-18-30(47-29)32-38-28-16-14-24(20-26(28)36(42)46-32)44-34(40)22(8-4)12-10-6-2;23-19-11-5-1-3-7-13(11)21-17(25-19)15-9-10-16(27-15)18-22-14-8-4-2-6-12(14)20(24)26-18/h13-20,23-24H,5-12,21-22H2,1-4H3;13-22H,5-12H2,1-4H3;1-10H. The van der Waals surface area contributed by atoms with Crippen LogP contribution in [0.25, 0.3) is 130 Å². The van der Waals surface area contributed by atoms with Gasteiger partial charge in [-0.3, -0.25) is 9.59 Å². The first kappa shape index (κ1) is 87.9. The summed E-state index contributed by atoms with van der Waals surface area (Å²) in [6.45, 7) is 17.1. The molecule has 9 aromatic heterocycles. The van der Waals surface area contributed by atoms with Crippen LogP contribution in [0.5, 0.6) is 11.5 Å². The number of hydrogen-bond acceptors (Lipinski definition) is 29. The van der Waals surface area contributed by atoms with E-state index in [-0.39, 0.29) is 103 Å². The van der Waals surface area contributed by atoms with Crippen molar-refractivity contribution >= 4 is 123 Å². The van der Waals surface area contributed by atoms with E-state index in [9.17, 15) is 47.9 Å². The molecule has 4 atom stereocenters. The maximum atomic E-state index is 13.0. The number of aromatic nitrogens is 6. The zero-order valence-electron chi connectivity index (χ0n) is 69.1. The second-order valence-electron chi connectivity index (χ2n) is 29.6. The van der Waals surface area contributed by atoms with Crippen LogP contribution in [0.2, 0.25) is 0 Å². The molecule has 0 fully saturated rings. The number of hydrogen-bond donors (Lipinski definition) is 0. The van der Waals surface area contributed by atoms with Gasteiger partial charge in [-0.25, -0.2) is 68.3 Å². The fourth-order valence-electron chi connectivity index (χ4n) is 13.6. The normalized spacial score (nSPS) is 12.4. The van der Waals surface area contributed by atoms with Crippen molar-refractivity contribution in [2.75, 3.05) is 13.2 Å². The molecule has 0 saturated carbocycles. The third kappa shape index (κ3) is 21.4. The zero-order valence-corrected chi connectivity index (χ0v) is 71.6. The summed E-state index contributed by atoms with van der Waals surface area (Å²) in [5, 5.41) is 1.58. The van der Waals surface area contributed by atoms with Crippen molar-refractivity contribution in [3.05, 3.63) is 231 Å². The summed E-state index contributed by atoms with van der Waals surface area (Å²) in [7, 11) is 0. The topological polar surface area (TPSA) is 364 Å². The van der Waals surface area contributed by atoms with Gasteiger partial charge in [0.15, 0.2) is 0 Å². The smallest absolute Gasteiger partial charge is 0.347 e. The predicted octanol–water partition coefficient (Wildman–Crippen LogP) is 21.2. The van der Waals surface area contributed by atoms with E-state index in [2.05, 4.69) is 71.4 Å². The largest absolute Gasteiger partial charge is 0.462 e. The first-order chi connectivity index (χ1) is 59.7. The molecule has 15 rings (SSSR count). The minimum atomic E-state index is -0.644. The molecule has 0 bridgehead atoms. The molecular formula is C94H90N6O20S3. The molecule has 0 spiro atoms. The van der Waals surface area contributed by atoms with Gasteiger partial charge in [-0.15, -0.1) is 34.0 Å². The van der Waals surface area contributed by atoms with E-state index in [0.717, 1.165) is 89.9 Å². The molecule has 123 heavy (non-hydrogen) atoms. The maximum Gasteiger partial charge on any atom is 0.347 e. The molecule has 0 saturated heterocycles. The Morgan fingerprint density at radius 2 is 0.577 bits per heavy atom. The Hall–Kier alpha value is -12.9. The zero-order chi connectivity index (χ0) is 86.8. The minimum Gasteiger partial charge on any atom is -0.462 e. The second kappa shape index (κ2) is 41.1. The molecule has 29 heteroatoms. The molecule has 0 aliphatic carbocycles. The summed E-state index contributed by atoms with van der Waals surface area (Å²) in [5.41, 5.74) is -0.297. The van der Waals surface area contributed by atoms with Crippen LogP contribution in [-0.2, 0) is 19.1 Å². The van der Waals surface area contributed by atoms with Crippen LogP contribution in [0.15, 0.2) is 213 Å². The van der Waals surface area contributed by atoms with E-state index >= 15 is 0 Å². The lowest BCUT2D eigenvalue weighted by atomic mass is 10.00. The Labute approximate surface area is 716 Å². The van der Waals surface area contributed by atoms with Crippen LogP contribution in [0.3, 0.4) is 0 Å². The van der Waals surface area contributed by atoms with Gasteiger partial charge in [-0.2, -0.15) is 0 Å². The van der Waals surface area contributed by atoms with Crippen molar-refractivity contribution in [2.24, 2.45) is 23.7 Å². The molecule has 6 aromatic carbocycles. The van der Waals surface area contributed by atoms with Crippen LogP contribution in [0.1, 0.15) is 179 Å². The van der Waals surface area contributed by atoms with Gasteiger partial charge in [0.25, 0.3) is 0 Å². The quantitative estimate of drug-likeness (QED) is 0.0279. The third-order valence-corrected chi connectivity index (χ3v) is 24.2. The van der Waals surface area contributed by atoms with Crippen LogP contribution < -0.4 is 43.2 Å². The summed E-state index contributed by atoms with van der Waals surface area (Å²) in [5.74, 6) is -0.119. The molecule has 0 N–H and O–H groups in total. The van der Waals surface area contributed by atoms with Gasteiger partial charge in [0.05, 0.1) is 131 Å². The van der Waals surface area contributed by atoms with Crippen molar-refractivity contribution in [1.29, 1.82) is 0 Å². The van der Waals surface area contributed by atoms with Gasteiger partial charge >= 0.3 is 57.6 Å². The fourth-order valence-corrected chi connectivity index (χ4v) is 16.2. The molecule has 0 aliphatic heterocycles. The summed E-state index contributed by atoms with van der Waals surface area (Å²) < 4.78 is 55.1. The van der Waals surface area contributed by atoms with Crippen LogP contribution >= 0.6 is 34.0 Å². The Balaban J connectivity index is 0.000000165. The van der Waals surface area contributed by atoms with E-state index in [1.807, 2.05) is 26.0 Å². The number of rotatable bonds is 32. The summed E-state index contributed by atoms with van der Waals surface area (Å²) >= 11 is 3.66. The van der Waals surface area contributed by atoms with Crippen molar-refractivity contribution < 1.29 is 64.6 Å². The lowest BCUT2D eigenvalue weighted by Crippen LogP contribution is -2.20. The van der Waals surface area contributed by atoms with E-state index in [4.69, 9.17) is 45.5 Å². The van der Waals surface area contributed by atoms with Gasteiger partial charge in [0.2, 0.25) is 35.3 Å². The average molecular weight is 1720 g/mol. The highest BCUT2D eigenvalue weighted by Gasteiger charge is 2.26. The number of thiophene rings is 3. The highest BCUT2D eigenvalue weighted by atomic mass is 32.1. The molecule has 15 aromatic rings. The van der Waals surface area contributed by atoms with Gasteiger partial charge in [0.1, 0.15) is 11.5 Å². The summed E-state index contributed by atoms with van der Waals surface area (Å²) in [6, 6.07) is 43.0. The molecule has 0 radical (unpaired) electrons. The molecule has 9 heterocycles. The summed E-state index contributed by atoms with van der Waals surface area (Å²) in [4.78, 5) is 157. The van der Waals surface area contributed by atoms with Gasteiger partial charge in [0, 0.05) is 0 Å². The van der Waals surface area contributed by atoms with E-state index in [1.165, 1.54) is 58.3 Å². The third-order valence-electron chi connectivity index (χ3n) is 21.0.